The number of hydrogen-bond donors (Lipinski definition) is 3. The number of H-pyrrole nitrogens is 1. The van der Waals surface area contributed by atoms with Crippen molar-refractivity contribution in [3.8, 4) is 0 Å². The average Bonchev–Trinajstić information content (AvgIpc) is 2.80. The van der Waals surface area contributed by atoms with E-state index in [1.807, 2.05) is 37.4 Å². The molecule has 0 aliphatic heterocycles. The van der Waals surface area contributed by atoms with E-state index in [1.165, 1.54) is 0 Å². The zero-order valence-electron chi connectivity index (χ0n) is 11.1. The van der Waals surface area contributed by atoms with E-state index in [0.717, 1.165) is 29.3 Å². The highest BCUT2D eigenvalue weighted by Crippen LogP contribution is 2.24. The van der Waals surface area contributed by atoms with Gasteiger partial charge in [0.25, 0.3) is 0 Å². The van der Waals surface area contributed by atoms with Gasteiger partial charge in [-0.15, -0.1) is 0 Å². The maximum atomic E-state index is 11.5. The summed E-state index contributed by atoms with van der Waals surface area (Å²) in [7, 11) is 0. The molecule has 0 bridgehead atoms. The highest BCUT2D eigenvalue weighted by atomic mass is 16.4. The van der Waals surface area contributed by atoms with Gasteiger partial charge in [0.15, 0.2) is 0 Å². The molecule has 4 nitrogen and oxygen atoms in total. The number of aromatic nitrogens is 1. The smallest absolute Gasteiger partial charge is 0.324 e. The first-order valence-electron chi connectivity index (χ1n) is 6.64. The number of nitrogens with two attached hydrogens (primary N) is 1. The van der Waals surface area contributed by atoms with Crippen molar-refractivity contribution in [2.45, 2.75) is 38.1 Å². The quantitative estimate of drug-likeness (QED) is 0.747. The molecule has 0 aliphatic rings. The zero-order chi connectivity index (χ0) is 13.9. The van der Waals surface area contributed by atoms with Crippen molar-refractivity contribution in [3.63, 3.8) is 0 Å². The van der Waals surface area contributed by atoms with E-state index in [1.54, 1.807) is 0 Å². The summed E-state index contributed by atoms with van der Waals surface area (Å²) in [5.41, 5.74) is 6.90. The molecular weight excluding hydrogens is 240 g/mol. The predicted molar refractivity (Wildman–Crippen MR) is 76.1 cm³/mol. The van der Waals surface area contributed by atoms with Gasteiger partial charge in [0, 0.05) is 23.5 Å². The Morgan fingerprint density at radius 3 is 2.84 bits per heavy atom. The van der Waals surface area contributed by atoms with Crippen LogP contribution in [0.4, 0.5) is 0 Å². The van der Waals surface area contributed by atoms with Gasteiger partial charge in [-0.2, -0.15) is 0 Å². The second kappa shape index (κ2) is 5.45. The Morgan fingerprint density at radius 1 is 1.42 bits per heavy atom. The van der Waals surface area contributed by atoms with Crippen LogP contribution >= 0.6 is 0 Å². The van der Waals surface area contributed by atoms with Crippen molar-refractivity contribution >= 4 is 16.9 Å². The second-order valence-corrected chi connectivity index (χ2v) is 5.10. The van der Waals surface area contributed by atoms with E-state index < -0.39 is 11.5 Å². The number of hydrogen-bond acceptors (Lipinski definition) is 2. The minimum Gasteiger partial charge on any atom is -0.480 e. The molecule has 4 N–H and O–H groups in total. The Kier molecular flexibility index (Phi) is 3.90. The lowest BCUT2D eigenvalue weighted by Crippen LogP contribution is -2.49. The molecule has 1 atom stereocenters. The number of aromatic amines is 1. The molecule has 0 spiro atoms. The summed E-state index contributed by atoms with van der Waals surface area (Å²) in [6.45, 7) is 2.04. The summed E-state index contributed by atoms with van der Waals surface area (Å²) in [5, 5.41) is 10.4. The summed E-state index contributed by atoms with van der Waals surface area (Å²) < 4.78 is 0. The Hall–Kier alpha value is -1.81. The van der Waals surface area contributed by atoms with Crippen LogP contribution in [-0.4, -0.2) is 21.6 Å². The van der Waals surface area contributed by atoms with Gasteiger partial charge >= 0.3 is 5.97 Å². The molecule has 2 rings (SSSR count). The van der Waals surface area contributed by atoms with Crippen molar-refractivity contribution in [2.75, 3.05) is 0 Å². The summed E-state index contributed by atoms with van der Waals surface area (Å²) in [5.74, 6) is -0.925. The number of para-hydroxylation sites is 1. The number of carbonyl (C=O) groups is 1. The molecule has 0 radical (unpaired) electrons. The third-order valence-corrected chi connectivity index (χ3v) is 3.58. The van der Waals surface area contributed by atoms with Crippen molar-refractivity contribution in [3.05, 3.63) is 36.0 Å². The van der Waals surface area contributed by atoms with Gasteiger partial charge in [-0.1, -0.05) is 38.0 Å². The third kappa shape index (κ3) is 2.79. The predicted octanol–water partition coefficient (Wildman–Crippen LogP) is 2.68. The molecule has 0 fully saturated rings. The standard InChI is InChI=1S/C15H20N2O2/c1-2-3-8-15(16,14(18)19)9-11-10-17-13-7-5-4-6-12(11)13/h4-7,10,17H,2-3,8-9,16H2,1H3,(H,18,19). The lowest BCUT2D eigenvalue weighted by Gasteiger charge is -2.24. The van der Waals surface area contributed by atoms with E-state index >= 15 is 0 Å². The molecule has 0 amide bonds. The number of carboxylic acid groups (broad SMARTS) is 1. The number of aliphatic carboxylic acids is 1. The zero-order valence-corrected chi connectivity index (χ0v) is 11.1. The maximum absolute atomic E-state index is 11.5. The molecule has 2 aromatic rings. The Bertz CT molecular complexity index is 576. The molecule has 4 heteroatoms. The van der Waals surface area contributed by atoms with Crippen molar-refractivity contribution < 1.29 is 9.90 Å². The molecule has 0 saturated heterocycles. The summed E-state index contributed by atoms with van der Waals surface area (Å²) >= 11 is 0. The van der Waals surface area contributed by atoms with Crippen molar-refractivity contribution in [2.24, 2.45) is 5.73 Å². The minimum absolute atomic E-state index is 0.354. The SMILES string of the molecule is CCCCC(N)(Cc1c[nH]c2ccccc12)C(=O)O. The molecule has 1 aromatic heterocycles. The second-order valence-electron chi connectivity index (χ2n) is 5.10. The van der Waals surface area contributed by atoms with E-state index in [4.69, 9.17) is 5.73 Å². The minimum atomic E-state index is -1.18. The average molecular weight is 260 g/mol. The Labute approximate surface area is 112 Å². The Morgan fingerprint density at radius 2 is 2.16 bits per heavy atom. The fourth-order valence-corrected chi connectivity index (χ4v) is 2.38. The molecule has 1 aromatic carbocycles. The van der Waals surface area contributed by atoms with Gasteiger partial charge < -0.3 is 15.8 Å². The van der Waals surface area contributed by atoms with Crippen LogP contribution in [0.25, 0.3) is 10.9 Å². The molecule has 0 aliphatic carbocycles. The number of unbranched alkanes of at least 4 members (excludes halogenated alkanes) is 1. The topological polar surface area (TPSA) is 79.1 Å². The molecule has 19 heavy (non-hydrogen) atoms. The first-order chi connectivity index (χ1) is 9.07. The Balaban J connectivity index is 2.28. The van der Waals surface area contributed by atoms with Gasteiger partial charge in [-0.05, 0) is 18.1 Å². The number of nitrogens with one attached hydrogen (secondary N) is 1. The molecule has 0 saturated carbocycles. The van der Waals surface area contributed by atoms with E-state index in [-0.39, 0.29) is 0 Å². The van der Waals surface area contributed by atoms with Crippen LogP contribution in [0.2, 0.25) is 0 Å². The third-order valence-electron chi connectivity index (χ3n) is 3.58. The fraction of sp³-hybridized carbons (Fsp3) is 0.400. The largest absolute Gasteiger partial charge is 0.480 e. The van der Waals surface area contributed by atoms with Crippen molar-refractivity contribution in [1.82, 2.24) is 4.98 Å². The van der Waals surface area contributed by atoms with Crippen molar-refractivity contribution in [1.29, 1.82) is 0 Å². The van der Waals surface area contributed by atoms with Gasteiger partial charge in [0.2, 0.25) is 0 Å². The van der Waals surface area contributed by atoms with E-state index in [0.29, 0.717) is 12.8 Å². The number of rotatable bonds is 6. The van der Waals surface area contributed by atoms with E-state index in [9.17, 15) is 9.90 Å². The van der Waals surface area contributed by atoms with E-state index in [2.05, 4.69) is 4.98 Å². The normalized spacial score (nSPS) is 14.4. The van der Waals surface area contributed by atoms with Crippen LogP contribution in [0.3, 0.4) is 0 Å². The van der Waals surface area contributed by atoms with Gasteiger partial charge in [0.1, 0.15) is 5.54 Å². The first kappa shape index (κ1) is 13.6. The summed E-state index contributed by atoms with van der Waals surface area (Å²) in [6.07, 6.45) is 4.48. The lowest BCUT2D eigenvalue weighted by molar-refractivity contribution is -0.143. The summed E-state index contributed by atoms with van der Waals surface area (Å²) in [4.78, 5) is 14.6. The number of benzene rings is 1. The van der Waals surface area contributed by atoms with Gasteiger partial charge in [-0.25, -0.2) is 0 Å². The monoisotopic (exact) mass is 260 g/mol. The van der Waals surface area contributed by atoms with Crippen LogP contribution in [0.15, 0.2) is 30.5 Å². The van der Waals surface area contributed by atoms with Gasteiger partial charge in [0.05, 0.1) is 0 Å². The highest BCUT2D eigenvalue weighted by molar-refractivity contribution is 5.85. The number of fused-ring (bicyclic) bond motifs is 1. The molecule has 1 heterocycles. The number of carboxylic acids is 1. The lowest BCUT2D eigenvalue weighted by atomic mass is 9.87. The summed E-state index contributed by atoms with van der Waals surface area (Å²) in [6, 6.07) is 7.87. The maximum Gasteiger partial charge on any atom is 0.324 e. The van der Waals surface area contributed by atoms with Crippen LogP contribution < -0.4 is 5.73 Å². The molecule has 1 unspecified atom stereocenters. The fourth-order valence-electron chi connectivity index (χ4n) is 2.38. The van der Waals surface area contributed by atoms with Crippen LogP contribution in [0.5, 0.6) is 0 Å². The van der Waals surface area contributed by atoms with Crippen LogP contribution in [0.1, 0.15) is 31.7 Å². The van der Waals surface area contributed by atoms with Gasteiger partial charge in [-0.3, -0.25) is 4.79 Å². The highest BCUT2D eigenvalue weighted by Gasteiger charge is 2.34. The first-order valence-corrected chi connectivity index (χ1v) is 6.64. The van der Waals surface area contributed by atoms with Crippen LogP contribution in [-0.2, 0) is 11.2 Å². The molecule has 102 valence electrons. The van der Waals surface area contributed by atoms with Crippen LogP contribution in [0, 0.1) is 0 Å². The molecular formula is C15H20N2O2.